The second kappa shape index (κ2) is 5.61. The van der Waals surface area contributed by atoms with Gasteiger partial charge in [0.15, 0.2) is 0 Å². The SMILES string of the molecule is Cc1cc(OCC2CCC2)c(C(N)C(=O)O)cc1C. The van der Waals surface area contributed by atoms with Gasteiger partial charge < -0.3 is 15.6 Å². The van der Waals surface area contributed by atoms with Crippen LogP contribution in [0, 0.1) is 19.8 Å². The number of aryl methyl sites for hydroxylation is 2. The number of nitrogens with two attached hydrogens (primary N) is 1. The first-order valence-corrected chi connectivity index (χ1v) is 6.71. The number of rotatable bonds is 5. The minimum atomic E-state index is -1.03. The van der Waals surface area contributed by atoms with Crippen LogP contribution in [0.1, 0.15) is 42.0 Å². The van der Waals surface area contributed by atoms with Gasteiger partial charge in [-0.25, -0.2) is 0 Å². The van der Waals surface area contributed by atoms with Crippen LogP contribution in [0.4, 0.5) is 0 Å². The average Bonchev–Trinajstić information content (AvgIpc) is 2.30. The van der Waals surface area contributed by atoms with E-state index in [4.69, 9.17) is 15.6 Å². The maximum Gasteiger partial charge on any atom is 0.325 e. The fourth-order valence-electron chi connectivity index (χ4n) is 2.18. The van der Waals surface area contributed by atoms with Crippen LogP contribution in [0.5, 0.6) is 5.75 Å². The first-order chi connectivity index (χ1) is 8.99. The third-order valence-corrected chi connectivity index (χ3v) is 3.93. The molecule has 104 valence electrons. The van der Waals surface area contributed by atoms with Crippen LogP contribution in [-0.4, -0.2) is 17.7 Å². The highest BCUT2D eigenvalue weighted by Crippen LogP contribution is 2.31. The number of ether oxygens (including phenoxy) is 1. The molecule has 2 rings (SSSR count). The quantitative estimate of drug-likeness (QED) is 0.856. The Balaban J connectivity index is 2.22. The second-order valence-electron chi connectivity index (χ2n) is 5.40. The van der Waals surface area contributed by atoms with E-state index >= 15 is 0 Å². The van der Waals surface area contributed by atoms with Gasteiger partial charge in [-0.2, -0.15) is 0 Å². The molecular weight excluding hydrogens is 242 g/mol. The summed E-state index contributed by atoms with van der Waals surface area (Å²) >= 11 is 0. The fourth-order valence-corrected chi connectivity index (χ4v) is 2.18. The molecule has 1 aliphatic carbocycles. The third-order valence-electron chi connectivity index (χ3n) is 3.93. The summed E-state index contributed by atoms with van der Waals surface area (Å²) in [6, 6.07) is 2.69. The Morgan fingerprint density at radius 3 is 2.58 bits per heavy atom. The Morgan fingerprint density at radius 1 is 1.42 bits per heavy atom. The number of hydrogen-bond donors (Lipinski definition) is 2. The van der Waals surface area contributed by atoms with Gasteiger partial charge in [-0.3, -0.25) is 4.79 Å². The van der Waals surface area contributed by atoms with Gasteiger partial charge in [0.25, 0.3) is 0 Å². The normalized spacial score (nSPS) is 16.8. The Hall–Kier alpha value is -1.55. The molecule has 0 radical (unpaired) electrons. The van der Waals surface area contributed by atoms with Crippen LogP contribution in [0.3, 0.4) is 0 Å². The molecule has 1 aromatic carbocycles. The Kier molecular flexibility index (Phi) is 4.10. The summed E-state index contributed by atoms with van der Waals surface area (Å²) < 4.78 is 5.80. The van der Waals surface area contributed by atoms with Crippen molar-refractivity contribution >= 4 is 5.97 Å². The lowest BCUT2D eigenvalue weighted by molar-refractivity contribution is -0.138. The van der Waals surface area contributed by atoms with E-state index in [1.54, 1.807) is 0 Å². The Labute approximate surface area is 113 Å². The van der Waals surface area contributed by atoms with Gasteiger partial charge in [-0.1, -0.05) is 6.42 Å². The van der Waals surface area contributed by atoms with E-state index in [1.165, 1.54) is 19.3 Å². The molecule has 0 saturated heterocycles. The molecule has 0 amide bonds. The van der Waals surface area contributed by atoms with Crippen molar-refractivity contribution in [2.75, 3.05) is 6.61 Å². The zero-order valence-electron chi connectivity index (χ0n) is 11.5. The van der Waals surface area contributed by atoms with Crippen molar-refractivity contribution in [3.05, 3.63) is 28.8 Å². The van der Waals surface area contributed by atoms with Crippen molar-refractivity contribution in [3.8, 4) is 5.75 Å². The van der Waals surface area contributed by atoms with E-state index in [9.17, 15) is 4.79 Å². The van der Waals surface area contributed by atoms with Gasteiger partial charge in [-0.15, -0.1) is 0 Å². The van der Waals surface area contributed by atoms with E-state index in [0.717, 1.165) is 11.1 Å². The molecule has 0 aromatic heterocycles. The molecule has 0 heterocycles. The Bertz CT molecular complexity index is 481. The van der Waals surface area contributed by atoms with E-state index in [-0.39, 0.29) is 0 Å². The summed E-state index contributed by atoms with van der Waals surface area (Å²) in [7, 11) is 0. The van der Waals surface area contributed by atoms with Gasteiger partial charge in [-0.05, 0) is 55.9 Å². The van der Waals surface area contributed by atoms with Gasteiger partial charge >= 0.3 is 5.97 Å². The van der Waals surface area contributed by atoms with Crippen LogP contribution >= 0.6 is 0 Å². The van der Waals surface area contributed by atoms with Crippen molar-refractivity contribution in [3.63, 3.8) is 0 Å². The molecule has 3 N–H and O–H groups in total. The number of carboxylic acids is 1. The molecule has 4 nitrogen and oxygen atoms in total. The molecule has 0 spiro atoms. The van der Waals surface area contributed by atoms with Gasteiger partial charge in [0, 0.05) is 5.56 Å². The van der Waals surface area contributed by atoms with E-state index in [0.29, 0.717) is 23.8 Å². The molecule has 1 aliphatic rings. The lowest BCUT2D eigenvalue weighted by atomic mass is 9.86. The lowest BCUT2D eigenvalue weighted by Crippen LogP contribution is -2.24. The first-order valence-electron chi connectivity index (χ1n) is 6.71. The summed E-state index contributed by atoms with van der Waals surface area (Å²) in [6.45, 7) is 4.59. The maximum atomic E-state index is 11.1. The molecule has 19 heavy (non-hydrogen) atoms. The topological polar surface area (TPSA) is 72.5 Å². The van der Waals surface area contributed by atoms with Crippen molar-refractivity contribution in [1.29, 1.82) is 0 Å². The highest BCUT2D eigenvalue weighted by molar-refractivity contribution is 5.76. The second-order valence-corrected chi connectivity index (χ2v) is 5.40. The van der Waals surface area contributed by atoms with Crippen molar-refractivity contribution in [2.45, 2.75) is 39.2 Å². The summed E-state index contributed by atoms with van der Waals surface area (Å²) in [4.78, 5) is 11.1. The fraction of sp³-hybridized carbons (Fsp3) is 0.533. The van der Waals surface area contributed by atoms with Crippen LogP contribution in [0.25, 0.3) is 0 Å². The van der Waals surface area contributed by atoms with Gasteiger partial charge in [0.1, 0.15) is 11.8 Å². The van der Waals surface area contributed by atoms with Crippen LogP contribution in [0.2, 0.25) is 0 Å². The zero-order valence-corrected chi connectivity index (χ0v) is 11.5. The van der Waals surface area contributed by atoms with Crippen LogP contribution < -0.4 is 10.5 Å². The standard InChI is InChI=1S/C15H21NO3/c1-9-6-12(14(16)15(17)18)13(7-10(9)2)19-8-11-4-3-5-11/h6-7,11,14H,3-5,8,16H2,1-2H3,(H,17,18). The van der Waals surface area contributed by atoms with Gasteiger partial charge in [0.2, 0.25) is 0 Å². The molecule has 0 aliphatic heterocycles. The molecule has 1 saturated carbocycles. The average molecular weight is 263 g/mol. The summed E-state index contributed by atoms with van der Waals surface area (Å²) in [5, 5.41) is 9.07. The monoisotopic (exact) mass is 263 g/mol. The Morgan fingerprint density at radius 2 is 2.05 bits per heavy atom. The molecular formula is C15H21NO3. The molecule has 0 bridgehead atoms. The summed E-state index contributed by atoms with van der Waals surface area (Å²) in [5.41, 5.74) is 8.41. The summed E-state index contributed by atoms with van der Waals surface area (Å²) in [5.74, 6) is 0.192. The van der Waals surface area contributed by atoms with Crippen LogP contribution in [0.15, 0.2) is 12.1 Å². The van der Waals surface area contributed by atoms with Crippen molar-refractivity contribution in [1.82, 2.24) is 0 Å². The maximum absolute atomic E-state index is 11.1. The molecule has 1 fully saturated rings. The number of benzene rings is 1. The molecule has 1 atom stereocenters. The third kappa shape index (κ3) is 3.07. The molecule has 1 aromatic rings. The van der Waals surface area contributed by atoms with E-state index in [1.807, 2.05) is 26.0 Å². The molecule has 1 unspecified atom stereocenters. The first kappa shape index (κ1) is 13.9. The van der Waals surface area contributed by atoms with Gasteiger partial charge in [0.05, 0.1) is 6.61 Å². The number of hydrogen-bond acceptors (Lipinski definition) is 3. The minimum Gasteiger partial charge on any atom is -0.493 e. The summed E-state index contributed by atoms with van der Waals surface area (Å²) in [6.07, 6.45) is 3.67. The zero-order chi connectivity index (χ0) is 14.0. The van der Waals surface area contributed by atoms with E-state index in [2.05, 4.69) is 0 Å². The highest BCUT2D eigenvalue weighted by Gasteiger charge is 2.22. The largest absolute Gasteiger partial charge is 0.493 e. The predicted octanol–water partition coefficient (Wildman–Crippen LogP) is 2.57. The number of carboxylic acid groups (broad SMARTS) is 1. The van der Waals surface area contributed by atoms with Crippen LogP contribution in [-0.2, 0) is 4.79 Å². The predicted molar refractivity (Wildman–Crippen MR) is 73.3 cm³/mol. The molecule has 4 heteroatoms. The van der Waals surface area contributed by atoms with E-state index < -0.39 is 12.0 Å². The minimum absolute atomic E-state index is 0.565. The highest BCUT2D eigenvalue weighted by atomic mass is 16.5. The number of carbonyl (C=O) groups is 1. The van der Waals surface area contributed by atoms with Crippen molar-refractivity contribution < 1.29 is 14.6 Å². The lowest BCUT2D eigenvalue weighted by Gasteiger charge is -2.26. The van der Waals surface area contributed by atoms with Crippen molar-refractivity contribution in [2.24, 2.45) is 11.7 Å². The number of aliphatic carboxylic acids is 1. The smallest absolute Gasteiger partial charge is 0.325 e.